The Morgan fingerprint density at radius 2 is 1.61 bits per heavy atom. The van der Waals surface area contributed by atoms with Crippen LogP contribution in [-0.2, 0) is 29.7 Å². The number of fused-ring (bicyclic) bond motifs is 1. The molecule has 16 heteroatoms. The molecule has 14 nitrogen and oxygen atoms in total. The fourth-order valence-electron chi connectivity index (χ4n) is 6.98. The quantitative estimate of drug-likeness (QED) is 0.138. The van der Waals surface area contributed by atoms with Crippen molar-refractivity contribution in [1.82, 2.24) is 40.0 Å². The zero-order valence-electron chi connectivity index (χ0n) is 29.6. The fourth-order valence-corrected chi connectivity index (χ4v) is 7.64. The van der Waals surface area contributed by atoms with Gasteiger partial charge in [0.2, 0.25) is 17.7 Å². The Bertz CT molecular complexity index is 2340. The Kier molecular flexibility index (Phi) is 10.6. The van der Waals surface area contributed by atoms with Gasteiger partial charge >= 0.3 is 6.09 Å². The average molecular weight is 774 g/mol. The monoisotopic (exact) mass is 772 g/mol. The van der Waals surface area contributed by atoms with Crippen LogP contribution in [0.2, 0.25) is 10.0 Å². The molecule has 7 rings (SSSR count). The van der Waals surface area contributed by atoms with Gasteiger partial charge in [-0.2, -0.15) is 5.10 Å². The summed E-state index contributed by atoms with van der Waals surface area (Å²) in [6, 6.07) is 16.2. The van der Waals surface area contributed by atoms with Crippen LogP contribution in [0.3, 0.4) is 0 Å². The van der Waals surface area contributed by atoms with E-state index in [2.05, 4.69) is 16.0 Å². The van der Waals surface area contributed by atoms with Gasteiger partial charge in [0.25, 0.3) is 5.56 Å². The fraction of sp³-hybridized carbons (Fsp3) is 0.316. The van der Waals surface area contributed by atoms with Gasteiger partial charge in [0.05, 0.1) is 35.9 Å². The lowest BCUT2D eigenvalue weighted by atomic mass is 9.97. The molecule has 3 aromatic heterocycles. The minimum absolute atomic E-state index is 0.0183. The van der Waals surface area contributed by atoms with Crippen LogP contribution in [0, 0.1) is 0 Å². The smallest absolute Gasteiger partial charge is 0.407 e. The number of benzene rings is 2. The predicted octanol–water partition coefficient (Wildman–Crippen LogP) is 4.87. The van der Waals surface area contributed by atoms with Crippen molar-refractivity contribution in [3.63, 3.8) is 0 Å². The second-order valence-electron chi connectivity index (χ2n) is 13.4. The highest BCUT2D eigenvalue weighted by molar-refractivity contribution is 6.39. The van der Waals surface area contributed by atoms with Crippen molar-refractivity contribution in [2.45, 2.75) is 50.9 Å². The standard InChI is InChI=1S/C38H38Cl2N8O6/c1-46-31(17-41-16-23-10-13-32(49)42-23)45-48-19-22(15-30(48)37(46)51)25-5-3-6-26(34(25)39)27-7-4-8-28(35(27)40)29-12-9-21(36(44-29)54-2)18-47(38(52)53)20-24-11-14-33(50)43-24/h3-9,12,15,19,23-24,41H,10-11,13-14,16-18,20H2,1-2H3,(H,42,49)(H,43,50)(H,52,53). The molecule has 4 N–H and O–H groups in total. The summed E-state index contributed by atoms with van der Waals surface area (Å²) in [6.45, 7) is 1.09. The van der Waals surface area contributed by atoms with E-state index in [0.717, 1.165) is 6.42 Å². The number of hydrogen-bond donors (Lipinski definition) is 4. The maximum Gasteiger partial charge on any atom is 0.407 e. The first kappa shape index (κ1) is 36.9. The number of ether oxygens (including phenoxy) is 1. The summed E-state index contributed by atoms with van der Waals surface area (Å²) < 4.78 is 8.67. The summed E-state index contributed by atoms with van der Waals surface area (Å²) in [5, 5.41) is 24.4. The Balaban J connectivity index is 1.14. The lowest BCUT2D eigenvalue weighted by Crippen LogP contribution is -2.41. The molecule has 0 spiro atoms. The van der Waals surface area contributed by atoms with E-state index in [0.29, 0.717) is 92.8 Å². The van der Waals surface area contributed by atoms with Gasteiger partial charge in [0.15, 0.2) is 0 Å². The number of aromatic nitrogens is 4. The number of hydrogen-bond acceptors (Lipinski definition) is 8. The molecule has 2 atom stereocenters. The highest BCUT2D eigenvalue weighted by atomic mass is 35.5. The maximum absolute atomic E-state index is 13.4. The number of rotatable bonds is 12. The zero-order valence-corrected chi connectivity index (χ0v) is 31.1. The lowest BCUT2D eigenvalue weighted by Gasteiger charge is -2.23. The van der Waals surface area contributed by atoms with Gasteiger partial charge in [0, 0.05) is 84.6 Å². The van der Waals surface area contributed by atoms with Crippen LogP contribution in [0.5, 0.6) is 5.88 Å². The molecule has 5 aromatic rings. The van der Waals surface area contributed by atoms with Gasteiger partial charge in [0.1, 0.15) is 11.3 Å². The molecular weight excluding hydrogens is 735 g/mol. The van der Waals surface area contributed by atoms with Crippen LogP contribution in [0.25, 0.3) is 39.0 Å². The number of carbonyl (C=O) groups is 3. The molecule has 0 aliphatic carbocycles. The molecule has 2 aromatic carbocycles. The second kappa shape index (κ2) is 15.5. The summed E-state index contributed by atoms with van der Waals surface area (Å²) in [4.78, 5) is 54.6. The number of pyridine rings is 1. The van der Waals surface area contributed by atoms with Crippen molar-refractivity contribution in [3.8, 4) is 39.4 Å². The van der Waals surface area contributed by atoms with E-state index in [1.54, 1.807) is 36.0 Å². The first-order valence-corrected chi connectivity index (χ1v) is 18.2. The van der Waals surface area contributed by atoms with Crippen molar-refractivity contribution in [3.05, 3.63) is 92.6 Å². The van der Waals surface area contributed by atoms with Crippen molar-refractivity contribution >= 4 is 46.6 Å². The number of carbonyl (C=O) groups excluding carboxylic acids is 2. The Morgan fingerprint density at radius 3 is 2.26 bits per heavy atom. The lowest BCUT2D eigenvalue weighted by molar-refractivity contribution is -0.120. The molecule has 2 fully saturated rings. The number of halogens is 2. The minimum atomic E-state index is -1.12. The average Bonchev–Trinajstić information content (AvgIpc) is 3.90. The number of amides is 3. The van der Waals surface area contributed by atoms with Gasteiger partial charge in [-0.05, 0) is 31.0 Å². The third kappa shape index (κ3) is 7.49. The topological polar surface area (TPSA) is 172 Å². The van der Waals surface area contributed by atoms with E-state index in [1.807, 2.05) is 36.4 Å². The van der Waals surface area contributed by atoms with E-state index in [4.69, 9.17) is 38.0 Å². The van der Waals surface area contributed by atoms with E-state index in [1.165, 1.54) is 16.6 Å². The van der Waals surface area contributed by atoms with Gasteiger partial charge < -0.3 is 30.7 Å². The first-order chi connectivity index (χ1) is 26.0. The minimum Gasteiger partial charge on any atom is -0.481 e. The van der Waals surface area contributed by atoms with Crippen LogP contribution >= 0.6 is 23.2 Å². The van der Waals surface area contributed by atoms with Crippen LogP contribution in [0.1, 0.15) is 37.1 Å². The number of carboxylic acid groups (broad SMARTS) is 1. The SMILES string of the molecule is COc1nc(-c2cccc(-c3cccc(-c4cc5c(=O)n(C)c(CNCC6CCC(=O)N6)nn5c4)c3Cl)c2Cl)ccc1CN(CC1CCC(=O)N1)C(=O)O. The van der Waals surface area contributed by atoms with Crippen LogP contribution in [0.15, 0.2) is 65.6 Å². The maximum atomic E-state index is 13.4. The van der Waals surface area contributed by atoms with E-state index >= 15 is 0 Å². The molecule has 2 aliphatic rings. The summed E-state index contributed by atoms with van der Waals surface area (Å²) in [7, 11) is 3.15. The molecule has 54 heavy (non-hydrogen) atoms. The van der Waals surface area contributed by atoms with Crippen LogP contribution < -0.4 is 26.2 Å². The Morgan fingerprint density at radius 1 is 0.963 bits per heavy atom. The van der Waals surface area contributed by atoms with Crippen molar-refractivity contribution in [1.29, 1.82) is 0 Å². The summed E-state index contributed by atoms with van der Waals surface area (Å²) >= 11 is 14.2. The van der Waals surface area contributed by atoms with Gasteiger partial charge in [-0.25, -0.2) is 14.3 Å². The van der Waals surface area contributed by atoms with Crippen molar-refractivity contribution in [2.75, 3.05) is 20.2 Å². The molecule has 2 aliphatic heterocycles. The number of nitrogens with one attached hydrogen (secondary N) is 3. The zero-order chi connectivity index (χ0) is 38.1. The summed E-state index contributed by atoms with van der Waals surface area (Å²) in [6.07, 6.45) is 2.89. The molecule has 3 amide bonds. The summed E-state index contributed by atoms with van der Waals surface area (Å²) in [5.74, 6) is 0.749. The highest BCUT2D eigenvalue weighted by Crippen LogP contribution is 2.42. The third-order valence-corrected chi connectivity index (χ3v) is 10.7. The van der Waals surface area contributed by atoms with Crippen LogP contribution in [0.4, 0.5) is 4.79 Å². The predicted molar refractivity (Wildman–Crippen MR) is 204 cm³/mol. The molecule has 0 saturated carbocycles. The third-order valence-electron chi connectivity index (χ3n) is 9.86. The van der Waals surface area contributed by atoms with Crippen LogP contribution in [-0.4, -0.2) is 79.4 Å². The molecule has 280 valence electrons. The van der Waals surface area contributed by atoms with E-state index in [9.17, 15) is 24.3 Å². The molecule has 5 heterocycles. The number of methoxy groups -OCH3 is 1. The molecular formula is C38H38Cl2N8O6. The van der Waals surface area contributed by atoms with Crippen molar-refractivity contribution in [2.24, 2.45) is 7.05 Å². The summed E-state index contributed by atoms with van der Waals surface area (Å²) in [5.41, 5.74) is 4.57. The Hall–Kier alpha value is -5.44. The van der Waals surface area contributed by atoms with Gasteiger partial charge in [-0.15, -0.1) is 0 Å². The normalized spacial score (nSPS) is 16.8. The largest absolute Gasteiger partial charge is 0.481 e. The van der Waals surface area contributed by atoms with Gasteiger partial charge in [-0.3, -0.25) is 19.0 Å². The second-order valence-corrected chi connectivity index (χ2v) is 14.2. The Labute approximate surface area is 320 Å². The van der Waals surface area contributed by atoms with E-state index in [-0.39, 0.29) is 48.4 Å². The molecule has 2 saturated heterocycles. The number of nitrogens with zero attached hydrogens (tertiary/aromatic N) is 5. The van der Waals surface area contributed by atoms with Crippen molar-refractivity contribution < 1.29 is 24.2 Å². The van der Waals surface area contributed by atoms with Gasteiger partial charge in [-0.1, -0.05) is 59.6 Å². The molecule has 2 unspecified atom stereocenters. The van der Waals surface area contributed by atoms with E-state index < -0.39 is 6.09 Å². The highest BCUT2D eigenvalue weighted by Gasteiger charge is 2.27. The first-order valence-electron chi connectivity index (χ1n) is 17.5. The molecule has 0 bridgehead atoms. The molecule has 0 radical (unpaired) electrons.